The summed E-state index contributed by atoms with van der Waals surface area (Å²) in [7, 11) is -2.94. The number of piperazine rings is 1. The second-order valence-corrected chi connectivity index (χ2v) is 8.72. The monoisotopic (exact) mass is 354 g/mol. The van der Waals surface area contributed by atoms with Crippen LogP contribution in [0.1, 0.15) is 11.1 Å². The number of benzene rings is 1. The number of nitrogens with zero attached hydrogens (tertiary/aromatic N) is 2. The molecule has 6 nitrogen and oxygen atoms in total. The van der Waals surface area contributed by atoms with Crippen LogP contribution in [-0.4, -0.2) is 75.5 Å². The Morgan fingerprint density at radius 3 is 2.21 bits per heavy atom. The van der Waals surface area contributed by atoms with Crippen molar-refractivity contribution in [1.82, 2.24) is 9.80 Å². The molecule has 0 bridgehead atoms. The highest BCUT2D eigenvalue weighted by Gasteiger charge is 2.21. The first kappa shape index (κ1) is 18.7. The van der Waals surface area contributed by atoms with Gasteiger partial charge in [-0.1, -0.05) is 6.07 Å². The van der Waals surface area contributed by atoms with Gasteiger partial charge in [0, 0.05) is 39.0 Å². The van der Waals surface area contributed by atoms with E-state index in [9.17, 15) is 13.2 Å². The van der Waals surface area contributed by atoms with Crippen LogP contribution in [0.25, 0.3) is 0 Å². The Kier molecular flexibility index (Phi) is 6.23. The van der Waals surface area contributed by atoms with Gasteiger partial charge in [0.25, 0.3) is 5.91 Å². The molecule has 7 heteroatoms. The maximum atomic E-state index is 12.3. The van der Waals surface area contributed by atoms with Gasteiger partial charge >= 0.3 is 0 Å². The van der Waals surface area contributed by atoms with Gasteiger partial charge < -0.3 is 9.64 Å². The van der Waals surface area contributed by atoms with E-state index in [0.29, 0.717) is 38.5 Å². The first-order valence-corrected chi connectivity index (χ1v) is 10.2. The van der Waals surface area contributed by atoms with Gasteiger partial charge in [0.2, 0.25) is 0 Å². The van der Waals surface area contributed by atoms with Crippen LogP contribution in [0.3, 0.4) is 0 Å². The van der Waals surface area contributed by atoms with Crippen LogP contribution in [0.15, 0.2) is 18.2 Å². The van der Waals surface area contributed by atoms with Crippen molar-refractivity contribution in [2.75, 3.05) is 51.3 Å². The van der Waals surface area contributed by atoms with E-state index in [-0.39, 0.29) is 18.3 Å². The first-order chi connectivity index (χ1) is 11.2. The minimum atomic E-state index is -2.94. The number of sulfone groups is 1. The van der Waals surface area contributed by atoms with Crippen molar-refractivity contribution in [3.63, 3.8) is 0 Å². The van der Waals surface area contributed by atoms with Crippen LogP contribution in [0.4, 0.5) is 0 Å². The van der Waals surface area contributed by atoms with Crippen molar-refractivity contribution in [2.24, 2.45) is 0 Å². The lowest BCUT2D eigenvalue weighted by Crippen LogP contribution is -2.50. The van der Waals surface area contributed by atoms with E-state index >= 15 is 0 Å². The van der Waals surface area contributed by atoms with Crippen LogP contribution in [0.5, 0.6) is 5.75 Å². The fourth-order valence-electron chi connectivity index (χ4n) is 2.77. The number of aryl methyl sites for hydroxylation is 2. The van der Waals surface area contributed by atoms with Gasteiger partial charge in [-0.25, -0.2) is 8.42 Å². The van der Waals surface area contributed by atoms with Crippen LogP contribution >= 0.6 is 0 Å². The molecule has 0 aliphatic carbocycles. The first-order valence-electron chi connectivity index (χ1n) is 8.12. The van der Waals surface area contributed by atoms with Gasteiger partial charge in [-0.3, -0.25) is 9.69 Å². The van der Waals surface area contributed by atoms with Crippen LogP contribution in [0.2, 0.25) is 0 Å². The molecule has 0 aromatic heterocycles. The quantitative estimate of drug-likeness (QED) is 0.758. The smallest absolute Gasteiger partial charge is 0.260 e. The highest BCUT2D eigenvalue weighted by Crippen LogP contribution is 2.16. The number of ether oxygens (including phenoxy) is 1. The number of hydrogen-bond acceptors (Lipinski definition) is 5. The zero-order chi connectivity index (χ0) is 17.7. The van der Waals surface area contributed by atoms with Gasteiger partial charge in [0.15, 0.2) is 6.61 Å². The molecule has 1 aliphatic heterocycles. The zero-order valence-electron chi connectivity index (χ0n) is 14.6. The average molecular weight is 354 g/mol. The molecule has 0 saturated carbocycles. The predicted molar refractivity (Wildman–Crippen MR) is 94.1 cm³/mol. The molecule has 0 unspecified atom stereocenters. The summed E-state index contributed by atoms with van der Waals surface area (Å²) in [4.78, 5) is 16.1. The summed E-state index contributed by atoms with van der Waals surface area (Å²) in [6, 6.07) is 5.90. The molecule has 1 aromatic rings. The van der Waals surface area contributed by atoms with Gasteiger partial charge in [-0.2, -0.15) is 0 Å². The standard InChI is InChI=1S/C17H26N2O4S/c1-14-10-15(2)12-16(11-14)23-13-17(20)19-6-4-18(5-7-19)8-9-24(3,21)22/h10-12H,4-9,13H2,1-3H3. The van der Waals surface area contributed by atoms with E-state index in [1.807, 2.05) is 26.0 Å². The highest BCUT2D eigenvalue weighted by atomic mass is 32.2. The van der Waals surface area contributed by atoms with Gasteiger partial charge in [0.1, 0.15) is 15.6 Å². The second kappa shape index (κ2) is 7.98. The lowest BCUT2D eigenvalue weighted by molar-refractivity contribution is -0.135. The van der Waals surface area contributed by atoms with E-state index in [1.165, 1.54) is 6.26 Å². The normalized spacial score (nSPS) is 16.2. The molecule has 134 valence electrons. The Balaban J connectivity index is 1.76. The maximum Gasteiger partial charge on any atom is 0.260 e. The summed E-state index contributed by atoms with van der Waals surface area (Å²) in [5.41, 5.74) is 2.22. The third kappa shape index (κ3) is 6.13. The number of rotatable bonds is 6. The van der Waals surface area contributed by atoms with E-state index in [0.717, 1.165) is 11.1 Å². The molecule has 1 aromatic carbocycles. The number of carbonyl (C=O) groups is 1. The number of carbonyl (C=O) groups excluding carboxylic acids is 1. The van der Waals surface area contributed by atoms with Crippen LogP contribution in [-0.2, 0) is 14.6 Å². The van der Waals surface area contributed by atoms with Gasteiger partial charge in [-0.15, -0.1) is 0 Å². The Bertz CT molecular complexity index is 660. The van der Waals surface area contributed by atoms with Crippen molar-refractivity contribution in [1.29, 1.82) is 0 Å². The van der Waals surface area contributed by atoms with Crippen molar-refractivity contribution >= 4 is 15.7 Å². The van der Waals surface area contributed by atoms with Crippen molar-refractivity contribution in [3.8, 4) is 5.75 Å². The highest BCUT2D eigenvalue weighted by molar-refractivity contribution is 7.90. The molecule has 24 heavy (non-hydrogen) atoms. The van der Waals surface area contributed by atoms with E-state index in [1.54, 1.807) is 4.90 Å². The summed E-state index contributed by atoms with van der Waals surface area (Å²) in [5.74, 6) is 0.848. The number of hydrogen-bond donors (Lipinski definition) is 0. The Morgan fingerprint density at radius 1 is 1.08 bits per heavy atom. The second-order valence-electron chi connectivity index (χ2n) is 6.46. The summed E-state index contributed by atoms with van der Waals surface area (Å²) in [6.45, 7) is 7.17. The lowest BCUT2D eigenvalue weighted by atomic mass is 10.1. The largest absolute Gasteiger partial charge is 0.484 e. The summed E-state index contributed by atoms with van der Waals surface area (Å²) in [6.07, 6.45) is 1.25. The van der Waals surface area contributed by atoms with E-state index < -0.39 is 9.84 Å². The molecular formula is C17H26N2O4S. The molecule has 0 radical (unpaired) electrons. The molecule has 1 aliphatic rings. The topological polar surface area (TPSA) is 66.9 Å². The third-order valence-electron chi connectivity index (χ3n) is 4.06. The molecular weight excluding hydrogens is 328 g/mol. The molecule has 0 spiro atoms. The Labute approximate surface area is 144 Å². The summed E-state index contributed by atoms with van der Waals surface area (Å²) >= 11 is 0. The molecule has 0 N–H and O–H groups in total. The van der Waals surface area contributed by atoms with E-state index in [2.05, 4.69) is 11.0 Å². The minimum absolute atomic E-state index is 0.0306. The minimum Gasteiger partial charge on any atom is -0.484 e. The molecule has 1 amide bonds. The zero-order valence-corrected chi connectivity index (χ0v) is 15.4. The Hall–Kier alpha value is -1.60. The Morgan fingerprint density at radius 2 is 1.67 bits per heavy atom. The van der Waals surface area contributed by atoms with Crippen molar-refractivity contribution in [2.45, 2.75) is 13.8 Å². The number of amides is 1. The summed E-state index contributed by atoms with van der Waals surface area (Å²) in [5, 5.41) is 0. The van der Waals surface area contributed by atoms with Crippen LogP contribution < -0.4 is 4.74 Å². The fraction of sp³-hybridized carbons (Fsp3) is 0.588. The van der Waals surface area contributed by atoms with Crippen molar-refractivity contribution in [3.05, 3.63) is 29.3 Å². The molecule has 2 rings (SSSR count). The lowest BCUT2D eigenvalue weighted by Gasteiger charge is -2.34. The molecule has 1 saturated heterocycles. The average Bonchev–Trinajstić information content (AvgIpc) is 2.49. The molecule has 1 heterocycles. The molecule has 0 atom stereocenters. The SMILES string of the molecule is Cc1cc(C)cc(OCC(=O)N2CCN(CCS(C)(=O)=O)CC2)c1. The predicted octanol–water partition coefficient (Wildman–Crippen LogP) is 0.871. The molecule has 1 fully saturated rings. The summed E-state index contributed by atoms with van der Waals surface area (Å²) < 4.78 is 28.0. The fourth-order valence-corrected chi connectivity index (χ4v) is 3.36. The van der Waals surface area contributed by atoms with Crippen molar-refractivity contribution < 1.29 is 17.9 Å². The van der Waals surface area contributed by atoms with Gasteiger partial charge in [0.05, 0.1) is 5.75 Å². The maximum absolute atomic E-state index is 12.3. The van der Waals surface area contributed by atoms with Crippen LogP contribution in [0, 0.1) is 13.8 Å². The van der Waals surface area contributed by atoms with E-state index in [4.69, 9.17) is 4.74 Å². The third-order valence-corrected chi connectivity index (χ3v) is 4.98. The van der Waals surface area contributed by atoms with Gasteiger partial charge in [-0.05, 0) is 37.1 Å².